The van der Waals surface area contributed by atoms with E-state index < -0.39 is 0 Å². The SMILES string of the molecule is CCNCC1(CN(C)C(C)CSC)CCCCCC1. The Morgan fingerprint density at radius 1 is 1.21 bits per heavy atom. The minimum atomic E-state index is 0.522. The number of rotatable bonds is 8. The van der Waals surface area contributed by atoms with Gasteiger partial charge in [-0.2, -0.15) is 11.8 Å². The van der Waals surface area contributed by atoms with Gasteiger partial charge in [0.2, 0.25) is 0 Å². The zero-order chi connectivity index (χ0) is 14.1. The van der Waals surface area contributed by atoms with Gasteiger partial charge in [-0.3, -0.25) is 0 Å². The Morgan fingerprint density at radius 2 is 1.84 bits per heavy atom. The summed E-state index contributed by atoms with van der Waals surface area (Å²) in [5.74, 6) is 1.24. The number of thioether (sulfide) groups is 1. The lowest BCUT2D eigenvalue weighted by Gasteiger charge is -2.39. The van der Waals surface area contributed by atoms with E-state index in [4.69, 9.17) is 0 Å². The first-order chi connectivity index (χ1) is 9.13. The van der Waals surface area contributed by atoms with Crippen LogP contribution in [0.4, 0.5) is 0 Å². The number of nitrogens with one attached hydrogen (secondary N) is 1. The number of hydrogen-bond acceptors (Lipinski definition) is 3. The van der Waals surface area contributed by atoms with Gasteiger partial charge in [0.05, 0.1) is 0 Å². The fourth-order valence-electron chi connectivity index (χ4n) is 3.31. The van der Waals surface area contributed by atoms with Gasteiger partial charge >= 0.3 is 0 Å². The summed E-state index contributed by atoms with van der Waals surface area (Å²) in [7, 11) is 2.32. The third-order valence-electron chi connectivity index (χ3n) is 4.66. The first-order valence-electron chi connectivity index (χ1n) is 8.03. The topological polar surface area (TPSA) is 15.3 Å². The smallest absolute Gasteiger partial charge is 0.0155 e. The van der Waals surface area contributed by atoms with E-state index in [2.05, 4.69) is 37.4 Å². The van der Waals surface area contributed by atoms with E-state index in [1.165, 1.54) is 57.4 Å². The van der Waals surface area contributed by atoms with Crippen LogP contribution in [-0.2, 0) is 0 Å². The molecule has 1 aliphatic carbocycles. The molecule has 0 heterocycles. The lowest BCUT2D eigenvalue weighted by molar-refractivity contribution is 0.127. The lowest BCUT2D eigenvalue weighted by atomic mass is 9.79. The Labute approximate surface area is 125 Å². The first-order valence-corrected chi connectivity index (χ1v) is 9.43. The Kier molecular flexibility index (Phi) is 8.43. The summed E-state index contributed by atoms with van der Waals surface area (Å²) < 4.78 is 0. The quantitative estimate of drug-likeness (QED) is 0.686. The van der Waals surface area contributed by atoms with Gasteiger partial charge in [0.25, 0.3) is 0 Å². The van der Waals surface area contributed by atoms with Crippen molar-refractivity contribution in [2.24, 2.45) is 5.41 Å². The highest BCUT2D eigenvalue weighted by Crippen LogP contribution is 2.35. The summed E-state index contributed by atoms with van der Waals surface area (Å²) in [5.41, 5.74) is 0.522. The van der Waals surface area contributed by atoms with E-state index in [0.717, 1.165) is 6.54 Å². The average Bonchev–Trinajstić information content (AvgIpc) is 2.63. The van der Waals surface area contributed by atoms with E-state index >= 15 is 0 Å². The van der Waals surface area contributed by atoms with Crippen molar-refractivity contribution in [3.8, 4) is 0 Å². The first kappa shape index (κ1) is 17.3. The molecule has 1 fully saturated rings. The molecule has 19 heavy (non-hydrogen) atoms. The van der Waals surface area contributed by atoms with Crippen molar-refractivity contribution in [2.75, 3.05) is 38.7 Å². The molecule has 1 N–H and O–H groups in total. The van der Waals surface area contributed by atoms with Crippen LogP contribution in [0.2, 0.25) is 0 Å². The highest BCUT2D eigenvalue weighted by Gasteiger charge is 2.32. The van der Waals surface area contributed by atoms with Crippen molar-refractivity contribution in [3.05, 3.63) is 0 Å². The zero-order valence-electron chi connectivity index (χ0n) is 13.5. The molecular weight excluding hydrogens is 252 g/mol. The van der Waals surface area contributed by atoms with Crippen LogP contribution in [-0.4, -0.2) is 49.6 Å². The minimum absolute atomic E-state index is 0.522. The standard InChI is InChI=1S/C16H34N2S/c1-5-17-13-16(10-8-6-7-9-11-16)14-18(3)15(2)12-19-4/h15,17H,5-14H2,1-4H3. The summed E-state index contributed by atoms with van der Waals surface area (Å²) in [5, 5.41) is 3.63. The molecule has 2 nitrogen and oxygen atoms in total. The largest absolute Gasteiger partial charge is 0.316 e. The molecule has 0 aliphatic heterocycles. The highest BCUT2D eigenvalue weighted by molar-refractivity contribution is 7.98. The van der Waals surface area contributed by atoms with Gasteiger partial charge in [0, 0.05) is 24.9 Å². The molecule has 0 spiro atoms. The van der Waals surface area contributed by atoms with Crippen molar-refractivity contribution in [1.82, 2.24) is 10.2 Å². The molecule has 1 unspecified atom stereocenters. The van der Waals surface area contributed by atoms with Crippen LogP contribution in [0.3, 0.4) is 0 Å². The van der Waals surface area contributed by atoms with E-state index in [9.17, 15) is 0 Å². The molecule has 0 amide bonds. The molecule has 1 atom stereocenters. The van der Waals surface area contributed by atoms with Crippen LogP contribution in [0, 0.1) is 5.41 Å². The molecule has 0 aromatic heterocycles. The maximum Gasteiger partial charge on any atom is 0.0155 e. The normalized spacial score (nSPS) is 21.3. The Bertz CT molecular complexity index is 225. The average molecular weight is 287 g/mol. The van der Waals surface area contributed by atoms with Crippen LogP contribution < -0.4 is 5.32 Å². The van der Waals surface area contributed by atoms with Crippen molar-refractivity contribution in [2.45, 2.75) is 58.4 Å². The summed E-state index contributed by atoms with van der Waals surface area (Å²) >= 11 is 1.96. The predicted octanol–water partition coefficient (Wildman–Crippen LogP) is 3.62. The van der Waals surface area contributed by atoms with Gasteiger partial charge in [-0.1, -0.05) is 32.6 Å². The molecule has 1 saturated carbocycles. The maximum absolute atomic E-state index is 3.63. The second-order valence-electron chi connectivity index (χ2n) is 6.41. The molecule has 0 aromatic rings. The highest BCUT2D eigenvalue weighted by atomic mass is 32.2. The summed E-state index contributed by atoms with van der Waals surface area (Å²) in [6, 6.07) is 0.691. The van der Waals surface area contributed by atoms with E-state index in [0.29, 0.717) is 11.5 Å². The van der Waals surface area contributed by atoms with Gasteiger partial charge in [-0.25, -0.2) is 0 Å². The maximum atomic E-state index is 3.63. The number of hydrogen-bond donors (Lipinski definition) is 1. The summed E-state index contributed by atoms with van der Waals surface area (Å²) in [6.45, 7) is 8.17. The fraction of sp³-hybridized carbons (Fsp3) is 1.00. The summed E-state index contributed by atoms with van der Waals surface area (Å²) in [4.78, 5) is 2.60. The van der Waals surface area contributed by atoms with Crippen molar-refractivity contribution in [3.63, 3.8) is 0 Å². The van der Waals surface area contributed by atoms with Crippen molar-refractivity contribution in [1.29, 1.82) is 0 Å². The van der Waals surface area contributed by atoms with Gasteiger partial charge in [-0.05, 0) is 45.0 Å². The van der Waals surface area contributed by atoms with Gasteiger partial charge < -0.3 is 10.2 Å². The van der Waals surface area contributed by atoms with Crippen molar-refractivity contribution < 1.29 is 0 Å². The third kappa shape index (κ3) is 6.05. The zero-order valence-corrected chi connectivity index (χ0v) is 14.3. The Morgan fingerprint density at radius 3 is 2.37 bits per heavy atom. The van der Waals surface area contributed by atoms with E-state index in [1.807, 2.05) is 11.8 Å². The number of nitrogens with zero attached hydrogens (tertiary/aromatic N) is 1. The van der Waals surface area contributed by atoms with Gasteiger partial charge in [-0.15, -0.1) is 0 Å². The van der Waals surface area contributed by atoms with Crippen LogP contribution in [0.5, 0.6) is 0 Å². The van der Waals surface area contributed by atoms with Crippen LogP contribution in [0.1, 0.15) is 52.4 Å². The van der Waals surface area contributed by atoms with E-state index in [1.54, 1.807) is 0 Å². The van der Waals surface area contributed by atoms with Gasteiger partial charge in [0.15, 0.2) is 0 Å². The van der Waals surface area contributed by atoms with E-state index in [-0.39, 0.29) is 0 Å². The molecule has 3 heteroatoms. The molecule has 0 saturated heterocycles. The van der Waals surface area contributed by atoms with Crippen LogP contribution in [0.25, 0.3) is 0 Å². The monoisotopic (exact) mass is 286 g/mol. The molecule has 0 aromatic carbocycles. The summed E-state index contributed by atoms with van der Waals surface area (Å²) in [6.07, 6.45) is 10.8. The molecular formula is C16H34N2S. The fourth-order valence-corrected chi connectivity index (χ4v) is 4.05. The Balaban J connectivity index is 2.61. The second-order valence-corrected chi connectivity index (χ2v) is 7.32. The molecule has 0 bridgehead atoms. The van der Waals surface area contributed by atoms with Gasteiger partial charge in [0.1, 0.15) is 0 Å². The third-order valence-corrected chi connectivity index (χ3v) is 5.48. The minimum Gasteiger partial charge on any atom is -0.316 e. The molecule has 1 aliphatic rings. The second kappa shape index (κ2) is 9.25. The van der Waals surface area contributed by atoms with Crippen LogP contribution >= 0.6 is 11.8 Å². The van der Waals surface area contributed by atoms with Crippen LogP contribution in [0.15, 0.2) is 0 Å². The molecule has 114 valence electrons. The molecule has 0 radical (unpaired) electrons. The van der Waals surface area contributed by atoms with Crippen molar-refractivity contribution >= 4 is 11.8 Å². The Hall–Kier alpha value is 0.270. The molecule has 1 rings (SSSR count). The predicted molar refractivity (Wildman–Crippen MR) is 89.2 cm³/mol. The lowest BCUT2D eigenvalue weighted by Crippen LogP contribution is -2.46.